The Kier molecular flexibility index (Phi) is 3.11. The average Bonchev–Trinajstić information content (AvgIpc) is 1.82. The first-order valence-corrected chi connectivity index (χ1v) is 3.21. The zero-order valence-corrected chi connectivity index (χ0v) is 6.44. The largest absolute Gasteiger partial charge is 0.412 e. The van der Waals surface area contributed by atoms with E-state index in [0.717, 1.165) is 0 Å². The summed E-state index contributed by atoms with van der Waals surface area (Å²) in [6, 6.07) is 0. The van der Waals surface area contributed by atoms with Gasteiger partial charge in [0.15, 0.2) is 0 Å². The Morgan fingerprint density at radius 1 is 1.36 bits per heavy atom. The van der Waals surface area contributed by atoms with E-state index in [-0.39, 0.29) is 0 Å². The van der Waals surface area contributed by atoms with Crippen molar-refractivity contribution in [1.82, 2.24) is 0 Å². The smallest absolute Gasteiger partial charge is 0.393 e. The number of aliphatic hydroxyl groups is 1. The molecule has 2 atom stereocenters. The van der Waals surface area contributed by atoms with Gasteiger partial charge in [0.1, 0.15) is 0 Å². The molecule has 1 nitrogen and oxygen atoms in total. The zero-order valence-electron chi connectivity index (χ0n) is 6.44. The second kappa shape index (κ2) is 3.26. The Hall–Kier alpha value is -0.510. The Labute approximate surface area is 63.5 Å². The summed E-state index contributed by atoms with van der Waals surface area (Å²) >= 11 is 0. The molecule has 0 bridgehead atoms. The highest BCUT2D eigenvalue weighted by atomic mass is 19.4. The number of aliphatic hydroxyl groups excluding tert-OH is 1. The molecule has 0 rings (SSSR count). The maximum atomic E-state index is 11.8. The van der Waals surface area contributed by atoms with Crippen molar-refractivity contribution < 1.29 is 18.3 Å². The van der Waals surface area contributed by atoms with Crippen LogP contribution in [0.15, 0.2) is 12.2 Å². The lowest BCUT2D eigenvalue weighted by Gasteiger charge is -2.19. The fourth-order valence-electron chi connectivity index (χ4n) is 0.549. The lowest BCUT2D eigenvalue weighted by Crippen LogP contribution is -2.24. The van der Waals surface area contributed by atoms with Crippen LogP contribution >= 0.6 is 0 Å². The summed E-state index contributed by atoms with van der Waals surface area (Å²) in [5.74, 6) is -0.935. The van der Waals surface area contributed by atoms with Gasteiger partial charge in [-0.1, -0.05) is 13.5 Å². The van der Waals surface area contributed by atoms with Crippen LogP contribution in [0.25, 0.3) is 0 Å². The normalized spacial score (nSPS) is 17.6. The van der Waals surface area contributed by atoms with E-state index in [2.05, 4.69) is 6.58 Å². The van der Waals surface area contributed by atoms with Gasteiger partial charge in [0.25, 0.3) is 0 Å². The van der Waals surface area contributed by atoms with Crippen LogP contribution in [-0.4, -0.2) is 17.4 Å². The van der Waals surface area contributed by atoms with Crippen molar-refractivity contribution in [3.8, 4) is 0 Å². The van der Waals surface area contributed by atoms with Crippen molar-refractivity contribution in [2.24, 2.45) is 5.92 Å². The van der Waals surface area contributed by atoms with E-state index in [4.69, 9.17) is 5.11 Å². The van der Waals surface area contributed by atoms with Crippen LogP contribution < -0.4 is 0 Å². The molecule has 0 fully saturated rings. The van der Waals surface area contributed by atoms with Crippen LogP contribution in [-0.2, 0) is 0 Å². The SMILES string of the molecule is C=C(C(C)C(C)O)C(F)(F)F. The summed E-state index contributed by atoms with van der Waals surface area (Å²) in [4.78, 5) is 0. The third-order valence-corrected chi connectivity index (χ3v) is 1.64. The summed E-state index contributed by atoms with van der Waals surface area (Å²) in [6.45, 7) is 5.46. The van der Waals surface area contributed by atoms with Crippen molar-refractivity contribution in [2.75, 3.05) is 0 Å². The standard InChI is InChI=1S/C7H11F3O/c1-4(6(3)11)5(2)7(8,9)10/h4,6,11H,2H2,1,3H3. The van der Waals surface area contributed by atoms with E-state index in [0.29, 0.717) is 0 Å². The monoisotopic (exact) mass is 168 g/mol. The van der Waals surface area contributed by atoms with Gasteiger partial charge in [-0.25, -0.2) is 0 Å². The lowest BCUT2D eigenvalue weighted by molar-refractivity contribution is -0.103. The predicted molar refractivity (Wildman–Crippen MR) is 36.0 cm³/mol. The number of alkyl halides is 3. The minimum absolute atomic E-state index is 0.882. The molecule has 4 heteroatoms. The summed E-state index contributed by atoms with van der Waals surface area (Å²) in [7, 11) is 0. The Bertz CT molecular complexity index is 148. The van der Waals surface area contributed by atoms with Crippen LogP contribution in [0.5, 0.6) is 0 Å². The first-order chi connectivity index (χ1) is 4.76. The van der Waals surface area contributed by atoms with Gasteiger partial charge in [-0.3, -0.25) is 0 Å². The van der Waals surface area contributed by atoms with Crippen molar-refractivity contribution in [3.05, 3.63) is 12.2 Å². The second-order valence-corrected chi connectivity index (χ2v) is 2.55. The Morgan fingerprint density at radius 2 is 1.73 bits per heavy atom. The van der Waals surface area contributed by atoms with Crippen molar-refractivity contribution >= 4 is 0 Å². The molecule has 0 amide bonds. The molecular formula is C7H11F3O. The maximum absolute atomic E-state index is 11.8. The van der Waals surface area contributed by atoms with Gasteiger partial charge in [-0.15, -0.1) is 0 Å². The fraction of sp³-hybridized carbons (Fsp3) is 0.714. The van der Waals surface area contributed by atoms with Gasteiger partial charge in [0.2, 0.25) is 0 Å². The molecule has 2 unspecified atom stereocenters. The van der Waals surface area contributed by atoms with Crippen molar-refractivity contribution in [3.63, 3.8) is 0 Å². The molecular weight excluding hydrogens is 157 g/mol. The highest BCUT2D eigenvalue weighted by Gasteiger charge is 2.36. The molecule has 0 aromatic carbocycles. The Balaban J connectivity index is 4.26. The van der Waals surface area contributed by atoms with E-state index in [1.54, 1.807) is 0 Å². The summed E-state index contributed by atoms with van der Waals surface area (Å²) < 4.78 is 35.5. The van der Waals surface area contributed by atoms with E-state index in [1.807, 2.05) is 0 Å². The topological polar surface area (TPSA) is 20.2 Å². The molecule has 0 aliphatic rings. The van der Waals surface area contributed by atoms with Gasteiger partial charge in [0.05, 0.1) is 6.10 Å². The fourth-order valence-corrected chi connectivity index (χ4v) is 0.549. The van der Waals surface area contributed by atoms with E-state index < -0.39 is 23.8 Å². The van der Waals surface area contributed by atoms with Crippen molar-refractivity contribution in [2.45, 2.75) is 26.1 Å². The predicted octanol–water partition coefficient (Wildman–Crippen LogP) is 2.12. The first kappa shape index (κ1) is 10.5. The summed E-state index contributed by atoms with van der Waals surface area (Å²) in [5.41, 5.74) is -0.882. The minimum Gasteiger partial charge on any atom is -0.393 e. The van der Waals surface area contributed by atoms with Crippen LogP contribution in [0.2, 0.25) is 0 Å². The number of halogens is 3. The molecule has 1 N–H and O–H groups in total. The van der Waals surface area contributed by atoms with Gasteiger partial charge < -0.3 is 5.11 Å². The van der Waals surface area contributed by atoms with E-state index in [1.165, 1.54) is 13.8 Å². The van der Waals surface area contributed by atoms with E-state index >= 15 is 0 Å². The van der Waals surface area contributed by atoms with Crippen LogP contribution in [0.1, 0.15) is 13.8 Å². The van der Waals surface area contributed by atoms with Gasteiger partial charge in [-0.2, -0.15) is 13.2 Å². The Morgan fingerprint density at radius 3 is 1.82 bits per heavy atom. The van der Waals surface area contributed by atoms with Gasteiger partial charge in [-0.05, 0) is 6.92 Å². The molecule has 66 valence electrons. The molecule has 0 aliphatic carbocycles. The molecule has 11 heavy (non-hydrogen) atoms. The molecule has 0 spiro atoms. The molecule has 0 saturated carbocycles. The molecule has 0 radical (unpaired) electrons. The van der Waals surface area contributed by atoms with Crippen LogP contribution in [0.3, 0.4) is 0 Å². The van der Waals surface area contributed by atoms with Crippen LogP contribution in [0.4, 0.5) is 13.2 Å². The minimum atomic E-state index is -4.39. The number of rotatable bonds is 2. The highest BCUT2D eigenvalue weighted by Crippen LogP contribution is 2.31. The molecule has 0 saturated heterocycles. The quantitative estimate of drug-likeness (QED) is 0.626. The third-order valence-electron chi connectivity index (χ3n) is 1.64. The summed E-state index contributed by atoms with van der Waals surface area (Å²) in [5, 5.41) is 8.79. The molecule has 0 aromatic heterocycles. The summed E-state index contributed by atoms with van der Waals surface area (Å²) in [6.07, 6.45) is -5.40. The average molecular weight is 168 g/mol. The molecule has 0 aliphatic heterocycles. The van der Waals surface area contributed by atoms with E-state index in [9.17, 15) is 13.2 Å². The van der Waals surface area contributed by atoms with Crippen molar-refractivity contribution in [1.29, 1.82) is 0 Å². The number of hydrogen-bond acceptors (Lipinski definition) is 1. The van der Waals surface area contributed by atoms with Gasteiger partial charge >= 0.3 is 6.18 Å². The maximum Gasteiger partial charge on any atom is 0.412 e. The highest BCUT2D eigenvalue weighted by molar-refractivity contribution is 5.07. The van der Waals surface area contributed by atoms with Crippen LogP contribution in [0, 0.1) is 5.92 Å². The number of hydrogen-bond donors (Lipinski definition) is 1. The zero-order chi connectivity index (χ0) is 9.23. The molecule has 0 aromatic rings. The first-order valence-electron chi connectivity index (χ1n) is 3.21. The lowest BCUT2D eigenvalue weighted by atomic mass is 9.97. The molecule has 0 heterocycles. The third kappa shape index (κ3) is 2.93. The van der Waals surface area contributed by atoms with Gasteiger partial charge in [0, 0.05) is 11.5 Å². The second-order valence-electron chi connectivity index (χ2n) is 2.55.